The number of aliphatic hydroxyl groups is 1. The van der Waals surface area contributed by atoms with Crippen LogP contribution in [0.1, 0.15) is 131 Å². The number of allylic oxidation sites excluding steroid dienone is 10. The molecule has 0 bridgehead atoms. The van der Waals surface area contributed by atoms with Crippen molar-refractivity contribution >= 4 is 27.5 Å². The van der Waals surface area contributed by atoms with Gasteiger partial charge < -0.3 is 14.6 Å². The molecular weight excluding hydrogens is 629 g/mol. The van der Waals surface area contributed by atoms with E-state index in [1.807, 2.05) is 43.3 Å². The van der Waals surface area contributed by atoms with Crippen LogP contribution in [0.25, 0.3) is 21.5 Å². The van der Waals surface area contributed by atoms with Crippen molar-refractivity contribution in [2.45, 2.75) is 137 Å². The minimum absolute atomic E-state index is 0.479. The zero-order chi connectivity index (χ0) is 37.4. The fourth-order valence-corrected chi connectivity index (χ4v) is 6.64. The molecule has 3 rings (SSSR count). The summed E-state index contributed by atoms with van der Waals surface area (Å²) in [7, 11) is 1.56. The number of carbonyl (C=O) groups excluding carboxylic acids is 1. The highest BCUT2D eigenvalue weighted by atomic mass is 16.6. The first kappa shape index (κ1) is 41.7. The van der Waals surface area contributed by atoms with Crippen molar-refractivity contribution in [3.8, 4) is 0 Å². The van der Waals surface area contributed by atoms with E-state index in [0.717, 1.165) is 65.6 Å². The molecule has 0 fully saturated rings. The van der Waals surface area contributed by atoms with E-state index >= 15 is 0 Å². The summed E-state index contributed by atoms with van der Waals surface area (Å²) in [5.74, 6) is -0.479. The fourth-order valence-electron chi connectivity index (χ4n) is 6.64. The summed E-state index contributed by atoms with van der Waals surface area (Å²) in [5.41, 5.74) is 6.30. The summed E-state index contributed by atoms with van der Waals surface area (Å²) in [6.45, 7) is 16.9. The maximum Gasteiger partial charge on any atom is 0.340 e. The number of benzene rings is 3. The topological polar surface area (TPSA) is 55.8 Å². The molecule has 1 N–H and O–H groups in total. The highest BCUT2D eigenvalue weighted by molar-refractivity contribution is 6.05. The molecule has 0 aliphatic rings. The molecular formula is C47H64O4. The third-order valence-corrected chi connectivity index (χ3v) is 9.76. The first-order valence-electron chi connectivity index (χ1n) is 18.9. The van der Waals surface area contributed by atoms with Crippen LogP contribution in [-0.4, -0.2) is 29.9 Å². The Labute approximate surface area is 309 Å². The average molecular weight is 693 g/mol. The van der Waals surface area contributed by atoms with Gasteiger partial charge in [-0.25, -0.2) is 4.79 Å². The molecule has 0 saturated carbocycles. The zero-order valence-electron chi connectivity index (χ0n) is 33.0. The molecule has 0 heterocycles. The number of fused-ring (bicyclic) bond motifs is 2. The molecule has 276 valence electrons. The van der Waals surface area contributed by atoms with Gasteiger partial charge in [0.1, 0.15) is 6.10 Å². The maximum absolute atomic E-state index is 14.2. The van der Waals surface area contributed by atoms with Crippen molar-refractivity contribution in [1.82, 2.24) is 0 Å². The molecule has 0 amide bonds. The van der Waals surface area contributed by atoms with Gasteiger partial charge in [0.25, 0.3) is 0 Å². The van der Waals surface area contributed by atoms with Crippen molar-refractivity contribution in [2.24, 2.45) is 0 Å². The van der Waals surface area contributed by atoms with Gasteiger partial charge in [-0.3, -0.25) is 0 Å². The standard InChI is InChI=1S/C47H64O4/c1-34(2)19-14-21-36(5)23-16-24-37(6)25-17-31-43(47(8,49)32-18-26-38(7)22-15-20-35(3)4)51-46(48)45(50-9)44-41-29-12-10-27-39(41)33-40-28-11-13-30-42(40)44/h10-13,19-20,23,25-30,33,43,45,49H,14-18,21-22,24,31-32H2,1-9H3/b36-23+,37-25+,38-26+/t43-,45-,47+/m0/s1. The van der Waals surface area contributed by atoms with E-state index in [1.165, 1.54) is 27.9 Å². The van der Waals surface area contributed by atoms with Gasteiger partial charge >= 0.3 is 5.97 Å². The highest BCUT2D eigenvalue weighted by Crippen LogP contribution is 2.36. The van der Waals surface area contributed by atoms with Crippen LogP contribution in [0.15, 0.2) is 113 Å². The second-order valence-corrected chi connectivity index (χ2v) is 15.1. The third-order valence-electron chi connectivity index (χ3n) is 9.76. The van der Waals surface area contributed by atoms with E-state index in [4.69, 9.17) is 9.47 Å². The van der Waals surface area contributed by atoms with E-state index in [0.29, 0.717) is 25.7 Å². The van der Waals surface area contributed by atoms with Crippen molar-refractivity contribution < 1.29 is 19.4 Å². The van der Waals surface area contributed by atoms with Gasteiger partial charge in [-0.15, -0.1) is 0 Å². The number of ether oxygens (including phenoxy) is 2. The van der Waals surface area contributed by atoms with Crippen molar-refractivity contribution in [1.29, 1.82) is 0 Å². The molecule has 3 atom stereocenters. The first-order chi connectivity index (χ1) is 24.3. The van der Waals surface area contributed by atoms with Crippen molar-refractivity contribution in [3.63, 3.8) is 0 Å². The molecule has 4 nitrogen and oxygen atoms in total. The molecule has 0 aliphatic heterocycles. The Kier molecular flexibility index (Phi) is 17.1. The van der Waals surface area contributed by atoms with Gasteiger partial charge in [0.15, 0.2) is 6.10 Å². The quantitative estimate of drug-likeness (QED) is 0.0727. The number of rotatable bonds is 20. The zero-order valence-corrected chi connectivity index (χ0v) is 33.0. The van der Waals surface area contributed by atoms with Gasteiger partial charge in [0.05, 0.1) is 5.60 Å². The molecule has 0 radical (unpaired) electrons. The van der Waals surface area contributed by atoms with Gasteiger partial charge in [-0.1, -0.05) is 107 Å². The van der Waals surface area contributed by atoms with Crippen molar-refractivity contribution in [2.75, 3.05) is 7.11 Å². The van der Waals surface area contributed by atoms with Crippen LogP contribution in [0.5, 0.6) is 0 Å². The van der Waals surface area contributed by atoms with Gasteiger partial charge in [-0.2, -0.15) is 0 Å². The Morgan fingerprint density at radius 1 is 0.686 bits per heavy atom. The molecule has 0 unspecified atom stereocenters. The molecule has 3 aromatic carbocycles. The second kappa shape index (κ2) is 21.0. The Bertz CT molecular complexity index is 1670. The summed E-state index contributed by atoms with van der Waals surface area (Å²) < 4.78 is 12.3. The Balaban J connectivity index is 1.81. The first-order valence-corrected chi connectivity index (χ1v) is 18.9. The minimum Gasteiger partial charge on any atom is -0.457 e. The Morgan fingerprint density at radius 3 is 1.63 bits per heavy atom. The molecule has 0 spiro atoms. The lowest BCUT2D eigenvalue weighted by Gasteiger charge is -2.33. The number of hydrogen-bond acceptors (Lipinski definition) is 4. The SMILES string of the molecule is CO[C@H](C(=O)O[C@@H](CC/C=C(\C)CC/C=C(\C)CCC=C(C)C)[C@](C)(O)CC/C=C(\C)CCC=C(C)C)c1c2ccccc2cc2ccccc12. The summed E-state index contributed by atoms with van der Waals surface area (Å²) >= 11 is 0. The van der Waals surface area contributed by atoms with Crippen LogP contribution in [0.4, 0.5) is 0 Å². The summed E-state index contributed by atoms with van der Waals surface area (Å²) in [6.07, 6.45) is 18.3. The van der Waals surface area contributed by atoms with Crippen molar-refractivity contribution in [3.05, 3.63) is 118 Å². The average Bonchev–Trinajstić information content (AvgIpc) is 3.07. The number of hydrogen-bond donors (Lipinski definition) is 1. The van der Waals surface area contributed by atoms with Crippen LogP contribution in [0.3, 0.4) is 0 Å². The van der Waals surface area contributed by atoms with Gasteiger partial charge in [-0.05, 0) is 147 Å². The lowest BCUT2D eigenvalue weighted by atomic mass is 9.89. The molecule has 0 aliphatic carbocycles. The summed E-state index contributed by atoms with van der Waals surface area (Å²) in [4.78, 5) is 14.2. The molecule has 51 heavy (non-hydrogen) atoms. The molecule has 4 heteroatoms. The van der Waals surface area contributed by atoms with Crippen LogP contribution >= 0.6 is 0 Å². The molecule has 3 aromatic rings. The predicted octanol–water partition coefficient (Wildman–Crippen LogP) is 13.0. The third kappa shape index (κ3) is 13.7. The fraction of sp³-hybridized carbons (Fsp3) is 0.468. The molecule has 0 saturated heterocycles. The normalized spacial score (nSPS) is 15.0. The number of carbonyl (C=O) groups is 1. The van der Waals surface area contributed by atoms with Crippen LogP contribution in [0.2, 0.25) is 0 Å². The number of esters is 1. The summed E-state index contributed by atoms with van der Waals surface area (Å²) in [6, 6.07) is 18.3. The number of methoxy groups -OCH3 is 1. The van der Waals surface area contributed by atoms with Crippen LogP contribution in [-0.2, 0) is 14.3 Å². The largest absolute Gasteiger partial charge is 0.457 e. The second-order valence-electron chi connectivity index (χ2n) is 15.1. The highest BCUT2D eigenvalue weighted by Gasteiger charge is 2.37. The van der Waals surface area contributed by atoms with E-state index in [1.54, 1.807) is 7.11 Å². The predicted molar refractivity (Wildman–Crippen MR) is 218 cm³/mol. The monoisotopic (exact) mass is 692 g/mol. The van der Waals surface area contributed by atoms with E-state index in [-0.39, 0.29) is 0 Å². The van der Waals surface area contributed by atoms with E-state index in [9.17, 15) is 9.90 Å². The lowest BCUT2D eigenvalue weighted by Crippen LogP contribution is -2.43. The van der Waals surface area contributed by atoms with E-state index < -0.39 is 23.8 Å². The van der Waals surface area contributed by atoms with Gasteiger partial charge in [0.2, 0.25) is 0 Å². The van der Waals surface area contributed by atoms with Crippen LogP contribution in [0, 0.1) is 0 Å². The smallest absolute Gasteiger partial charge is 0.340 e. The summed E-state index contributed by atoms with van der Waals surface area (Å²) in [5, 5.41) is 15.9. The Morgan fingerprint density at radius 2 is 1.14 bits per heavy atom. The van der Waals surface area contributed by atoms with Crippen LogP contribution < -0.4 is 0 Å². The van der Waals surface area contributed by atoms with Gasteiger partial charge in [0, 0.05) is 12.7 Å². The maximum atomic E-state index is 14.2. The molecule has 0 aromatic heterocycles. The Hall–Kier alpha value is -3.73. The van der Waals surface area contributed by atoms with E-state index in [2.05, 4.69) is 97.0 Å². The lowest BCUT2D eigenvalue weighted by molar-refractivity contribution is -0.176. The minimum atomic E-state index is -1.22.